The van der Waals surface area contributed by atoms with Crippen molar-refractivity contribution in [2.45, 2.75) is 26.2 Å². The molecule has 5 nitrogen and oxygen atoms in total. The van der Waals surface area contributed by atoms with Gasteiger partial charge in [-0.05, 0) is 53.4 Å². The summed E-state index contributed by atoms with van der Waals surface area (Å²) in [6.45, 7) is 6.34. The van der Waals surface area contributed by atoms with Gasteiger partial charge in [-0.1, -0.05) is 39.0 Å². The molecule has 0 aliphatic rings. The highest BCUT2D eigenvalue weighted by Crippen LogP contribution is 2.25. The summed E-state index contributed by atoms with van der Waals surface area (Å²) in [6.07, 6.45) is 1.62. The number of hydrogen-bond acceptors (Lipinski definition) is 5. The van der Waals surface area contributed by atoms with Gasteiger partial charge in [0.15, 0.2) is 0 Å². The first-order chi connectivity index (χ1) is 14.3. The molecule has 0 radical (unpaired) electrons. The maximum Gasteiger partial charge on any atom is 0.345 e. The molecule has 2 aromatic heterocycles. The first-order valence-corrected chi connectivity index (χ1v) is 9.63. The van der Waals surface area contributed by atoms with Crippen LogP contribution in [0.1, 0.15) is 36.7 Å². The fourth-order valence-corrected chi connectivity index (χ4v) is 3.13. The number of hydrogen-bond donors (Lipinski definition) is 0. The quantitative estimate of drug-likeness (QED) is 0.263. The zero-order valence-corrected chi connectivity index (χ0v) is 17.0. The Morgan fingerprint density at radius 1 is 0.967 bits per heavy atom. The molecular formula is C25H21NO4. The van der Waals surface area contributed by atoms with Crippen LogP contribution in [0.3, 0.4) is 0 Å². The Morgan fingerprint density at radius 3 is 2.40 bits per heavy atom. The number of fused-ring (bicyclic) bond motifs is 1. The Kier molecular flexibility index (Phi) is 4.96. The fourth-order valence-electron chi connectivity index (χ4n) is 3.13. The predicted molar refractivity (Wildman–Crippen MR) is 116 cm³/mol. The number of nitrogens with zero attached hydrogens (tertiary/aromatic N) is 1. The van der Waals surface area contributed by atoms with E-state index >= 15 is 0 Å². The second kappa shape index (κ2) is 7.59. The molecule has 0 amide bonds. The van der Waals surface area contributed by atoms with Crippen LogP contribution in [-0.2, 0) is 5.41 Å². The maximum atomic E-state index is 12.5. The number of benzene rings is 2. The van der Waals surface area contributed by atoms with Crippen molar-refractivity contribution in [3.63, 3.8) is 0 Å². The van der Waals surface area contributed by atoms with Crippen LogP contribution in [0.2, 0.25) is 0 Å². The third-order valence-electron chi connectivity index (χ3n) is 4.85. The minimum atomic E-state index is -0.498. The van der Waals surface area contributed by atoms with E-state index in [0.29, 0.717) is 33.5 Å². The van der Waals surface area contributed by atoms with E-state index in [1.165, 1.54) is 0 Å². The fraction of sp³-hybridized carbons (Fsp3) is 0.160. The van der Waals surface area contributed by atoms with Crippen LogP contribution < -0.4 is 10.4 Å². The van der Waals surface area contributed by atoms with Gasteiger partial charge in [-0.15, -0.1) is 0 Å². The van der Waals surface area contributed by atoms with Gasteiger partial charge in [-0.25, -0.2) is 9.59 Å². The van der Waals surface area contributed by atoms with Crippen molar-refractivity contribution < 1.29 is 13.9 Å². The highest BCUT2D eigenvalue weighted by Gasteiger charge is 2.16. The molecule has 150 valence electrons. The van der Waals surface area contributed by atoms with Crippen molar-refractivity contribution in [1.82, 2.24) is 4.98 Å². The van der Waals surface area contributed by atoms with Crippen LogP contribution in [0, 0.1) is 0 Å². The van der Waals surface area contributed by atoms with Crippen LogP contribution in [-0.4, -0.2) is 11.0 Å². The zero-order valence-electron chi connectivity index (χ0n) is 17.0. The van der Waals surface area contributed by atoms with E-state index in [2.05, 4.69) is 25.8 Å². The lowest BCUT2D eigenvalue weighted by Crippen LogP contribution is -2.13. The molecule has 0 saturated heterocycles. The van der Waals surface area contributed by atoms with E-state index < -0.39 is 11.6 Å². The SMILES string of the molecule is CC(C)(C)c1ccc(C(=O)Oc2ccc3cc(-c4ccccn4)c(=O)oc3c2)cc1. The number of aromatic nitrogens is 1. The molecule has 0 saturated carbocycles. The van der Waals surface area contributed by atoms with E-state index in [1.807, 2.05) is 18.2 Å². The van der Waals surface area contributed by atoms with E-state index in [1.54, 1.807) is 54.7 Å². The third kappa shape index (κ3) is 4.01. The molecule has 0 fully saturated rings. The monoisotopic (exact) mass is 399 g/mol. The Balaban J connectivity index is 1.59. The summed E-state index contributed by atoms with van der Waals surface area (Å²) < 4.78 is 10.9. The molecule has 0 spiro atoms. The number of carbonyl (C=O) groups is 1. The van der Waals surface area contributed by atoms with Crippen LogP contribution in [0.25, 0.3) is 22.2 Å². The van der Waals surface area contributed by atoms with Gasteiger partial charge in [0, 0.05) is 17.6 Å². The largest absolute Gasteiger partial charge is 0.423 e. The van der Waals surface area contributed by atoms with Crippen molar-refractivity contribution in [3.8, 4) is 17.0 Å². The van der Waals surface area contributed by atoms with E-state index in [0.717, 1.165) is 5.56 Å². The number of rotatable bonds is 3. The van der Waals surface area contributed by atoms with Gasteiger partial charge in [0.1, 0.15) is 11.3 Å². The zero-order chi connectivity index (χ0) is 21.3. The average molecular weight is 399 g/mol. The highest BCUT2D eigenvalue weighted by atomic mass is 16.5. The molecule has 0 atom stereocenters. The van der Waals surface area contributed by atoms with E-state index in [4.69, 9.17) is 9.15 Å². The summed E-state index contributed by atoms with van der Waals surface area (Å²) in [5.74, 6) is -0.164. The first kappa shape index (κ1) is 19.6. The van der Waals surface area contributed by atoms with Crippen molar-refractivity contribution in [3.05, 3.63) is 94.5 Å². The number of carbonyl (C=O) groups excluding carboxylic acids is 1. The molecular weight excluding hydrogens is 378 g/mol. The molecule has 0 bridgehead atoms. The molecule has 4 aromatic rings. The summed E-state index contributed by atoms with van der Waals surface area (Å²) in [6, 6.07) is 19.4. The second-order valence-electron chi connectivity index (χ2n) is 8.08. The van der Waals surface area contributed by atoms with Gasteiger partial charge >= 0.3 is 11.6 Å². The summed E-state index contributed by atoms with van der Waals surface area (Å²) in [4.78, 5) is 29.1. The van der Waals surface area contributed by atoms with E-state index in [9.17, 15) is 9.59 Å². The predicted octanol–water partition coefficient (Wildman–Crippen LogP) is 5.37. The molecule has 0 N–H and O–H groups in total. The summed E-state index contributed by atoms with van der Waals surface area (Å²) in [7, 11) is 0. The van der Waals surface area contributed by atoms with Gasteiger partial charge < -0.3 is 9.15 Å². The van der Waals surface area contributed by atoms with Crippen LogP contribution in [0.4, 0.5) is 0 Å². The van der Waals surface area contributed by atoms with Gasteiger partial charge in [0.25, 0.3) is 0 Å². The maximum absolute atomic E-state index is 12.5. The molecule has 2 aromatic carbocycles. The molecule has 4 rings (SSSR count). The first-order valence-electron chi connectivity index (χ1n) is 9.63. The lowest BCUT2D eigenvalue weighted by molar-refractivity contribution is 0.0735. The Labute approximate surface area is 174 Å². The molecule has 2 heterocycles. The standard InChI is InChI=1S/C25H21NO4/c1-25(2,3)18-10-7-16(8-11-18)23(27)29-19-12-9-17-14-20(21-6-4-5-13-26-21)24(28)30-22(17)15-19/h4-15H,1-3H3. The topological polar surface area (TPSA) is 69.4 Å². The number of esters is 1. The van der Waals surface area contributed by atoms with Crippen LogP contribution >= 0.6 is 0 Å². The Bertz CT molecular complexity index is 1270. The summed E-state index contributed by atoms with van der Waals surface area (Å²) in [5.41, 5.74) is 2.36. The number of ether oxygens (including phenoxy) is 1. The van der Waals surface area contributed by atoms with Crippen molar-refractivity contribution in [2.75, 3.05) is 0 Å². The Morgan fingerprint density at radius 2 is 1.73 bits per heavy atom. The summed E-state index contributed by atoms with van der Waals surface area (Å²) in [5, 5.41) is 0.713. The van der Waals surface area contributed by atoms with Crippen molar-refractivity contribution >= 4 is 16.9 Å². The lowest BCUT2D eigenvalue weighted by atomic mass is 9.87. The summed E-state index contributed by atoms with van der Waals surface area (Å²) >= 11 is 0. The van der Waals surface area contributed by atoms with Crippen molar-refractivity contribution in [2.24, 2.45) is 0 Å². The minimum Gasteiger partial charge on any atom is -0.423 e. The highest BCUT2D eigenvalue weighted by molar-refractivity contribution is 5.92. The lowest BCUT2D eigenvalue weighted by Gasteiger charge is -2.18. The Hall–Kier alpha value is -3.73. The normalized spacial score (nSPS) is 11.4. The molecule has 0 unspecified atom stereocenters. The van der Waals surface area contributed by atoms with Crippen LogP contribution in [0.15, 0.2) is 82.1 Å². The molecule has 5 heteroatoms. The van der Waals surface area contributed by atoms with E-state index in [-0.39, 0.29) is 5.41 Å². The molecule has 0 aliphatic heterocycles. The van der Waals surface area contributed by atoms with Gasteiger partial charge in [-0.3, -0.25) is 4.98 Å². The number of pyridine rings is 1. The van der Waals surface area contributed by atoms with Gasteiger partial charge in [-0.2, -0.15) is 0 Å². The smallest absolute Gasteiger partial charge is 0.345 e. The van der Waals surface area contributed by atoms with Gasteiger partial charge in [0.2, 0.25) is 0 Å². The molecule has 30 heavy (non-hydrogen) atoms. The second-order valence-corrected chi connectivity index (χ2v) is 8.08. The average Bonchev–Trinajstić information content (AvgIpc) is 2.73. The third-order valence-corrected chi connectivity index (χ3v) is 4.85. The van der Waals surface area contributed by atoms with Crippen molar-refractivity contribution in [1.29, 1.82) is 0 Å². The van der Waals surface area contributed by atoms with Crippen LogP contribution in [0.5, 0.6) is 5.75 Å². The van der Waals surface area contributed by atoms with Gasteiger partial charge in [0.05, 0.1) is 16.8 Å². The molecule has 0 aliphatic carbocycles. The minimum absolute atomic E-state index is 0.00639.